The summed E-state index contributed by atoms with van der Waals surface area (Å²) in [5.41, 5.74) is 1.67. The first-order valence-corrected chi connectivity index (χ1v) is 9.98. The van der Waals surface area contributed by atoms with Gasteiger partial charge in [-0.05, 0) is 29.8 Å². The van der Waals surface area contributed by atoms with Crippen molar-refractivity contribution in [2.75, 3.05) is 0 Å². The number of amides is 1. The summed E-state index contributed by atoms with van der Waals surface area (Å²) in [6.45, 7) is 0.402. The van der Waals surface area contributed by atoms with Crippen LogP contribution in [0, 0.1) is 10.1 Å². The van der Waals surface area contributed by atoms with Crippen molar-refractivity contribution in [2.45, 2.75) is 6.54 Å². The molecule has 0 aliphatic carbocycles. The molecule has 1 aromatic heterocycles. The van der Waals surface area contributed by atoms with E-state index < -0.39 is 10.8 Å². The van der Waals surface area contributed by atoms with Crippen molar-refractivity contribution in [1.82, 2.24) is 4.57 Å². The third kappa shape index (κ3) is 4.22. The Balaban J connectivity index is 1.74. The van der Waals surface area contributed by atoms with Crippen LogP contribution in [0.5, 0.6) is 5.88 Å². The van der Waals surface area contributed by atoms with Crippen molar-refractivity contribution in [1.29, 1.82) is 0 Å². The number of hydrogen-bond acceptors (Lipinski definition) is 5. The molecule has 0 bridgehead atoms. The highest BCUT2D eigenvalue weighted by molar-refractivity contribution is 9.10. The minimum absolute atomic E-state index is 0.0339. The smallest absolute Gasteiger partial charge is 0.295 e. The Bertz CT molecular complexity index is 1330. The molecular formula is C22H15BrN4O4. The van der Waals surface area contributed by atoms with Crippen molar-refractivity contribution in [3.63, 3.8) is 0 Å². The SMILES string of the molecule is O=C(N=Nc1c(O)n(Cc2ccccc2)c2ccc(Br)cc12)c1cccc([N+](=O)[O-])c1. The number of rotatable bonds is 5. The lowest BCUT2D eigenvalue weighted by atomic mass is 10.2. The van der Waals surface area contributed by atoms with Crippen molar-refractivity contribution in [3.05, 3.63) is 98.5 Å². The Labute approximate surface area is 184 Å². The molecule has 4 aromatic rings. The molecule has 3 aromatic carbocycles. The minimum atomic E-state index is -0.748. The number of nitrogens with zero attached hydrogens (tertiary/aromatic N) is 4. The van der Waals surface area contributed by atoms with E-state index in [0.717, 1.165) is 21.6 Å². The maximum absolute atomic E-state index is 12.4. The number of halogens is 1. The highest BCUT2D eigenvalue weighted by Crippen LogP contribution is 2.40. The second-order valence-electron chi connectivity index (χ2n) is 6.72. The summed E-state index contributed by atoms with van der Waals surface area (Å²) in [6.07, 6.45) is 0. The number of fused-ring (bicyclic) bond motifs is 1. The second kappa shape index (κ2) is 8.49. The number of hydrogen-bond donors (Lipinski definition) is 1. The molecule has 0 atom stereocenters. The van der Waals surface area contributed by atoms with Gasteiger partial charge in [-0.2, -0.15) is 0 Å². The van der Waals surface area contributed by atoms with Gasteiger partial charge in [-0.1, -0.05) is 52.3 Å². The monoisotopic (exact) mass is 478 g/mol. The van der Waals surface area contributed by atoms with Gasteiger partial charge in [0.05, 0.1) is 22.5 Å². The van der Waals surface area contributed by atoms with Gasteiger partial charge in [-0.3, -0.25) is 14.9 Å². The van der Waals surface area contributed by atoms with Gasteiger partial charge in [-0.25, -0.2) is 0 Å². The zero-order chi connectivity index (χ0) is 22.0. The average molecular weight is 479 g/mol. The molecule has 0 saturated carbocycles. The molecule has 31 heavy (non-hydrogen) atoms. The average Bonchev–Trinajstić information content (AvgIpc) is 3.03. The maximum Gasteiger partial charge on any atom is 0.295 e. The van der Waals surface area contributed by atoms with Crippen molar-refractivity contribution >= 4 is 44.1 Å². The fraction of sp³-hybridized carbons (Fsp3) is 0.0455. The van der Waals surface area contributed by atoms with Crippen LogP contribution in [-0.2, 0) is 6.54 Å². The summed E-state index contributed by atoms with van der Waals surface area (Å²) in [4.78, 5) is 22.8. The van der Waals surface area contributed by atoms with Crippen LogP contribution in [0.15, 0.2) is 87.5 Å². The largest absolute Gasteiger partial charge is 0.493 e. The second-order valence-corrected chi connectivity index (χ2v) is 7.63. The van der Waals surface area contributed by atoms with E-state index in [9.17, 15) is 20.0 Å². The fourth-order valence-electron chi connectivity index (χ4n) is 3.23. The van der Waals surface area contributed by atoms with Gasteiger partial charge in [0, 0.05) is 22.0 Å². The fourth-order valence-corrected chi connectivity index (χ4v) is 3.59. The van der Waals surface area contributed by atoms with Crippen molar-refractivity contribution in [3.8, 4) is 5.88 Å². The molecule has 4 rings (SSSR count). The maximum atomic E-state index is 12.4. The molecule has 154 valence electrons. The molecule has 1 amide bonds. The standard InChI is InChI=1S/C22H15BrN4O4/c23-16-9-10-19-18(12-16)20(22(29)26(19)13-14-5-2-1-3-6-14)24-25-21(28)15-7-4-8-17(11-15)27(30)31/h1-12,29H,13H2. The van der Waals surface area contributed by atoms with Crippen LogP contribution in [-0.4, -0.2) is 20.5 Å². The molecule has 0 radical (unpaired) electrons. The number of benzene rings is 3. The molecule has 0 aliphatic rings. The quantitative estimate of drug-likeness (QED) is 0.215. The number of azo groups is 1. The molecule has 1 heterocycles. The van der Waals surface area contributed by atoms with Gasteiger partial charge in [0.15, 0.2) is 5.69 Å². The number of nitro groups is 1. The Hall–Kier alpha value is -3.85. The van der Waals surface area contributed by atoms with E-state index in [0.29, 0.717) is 11.9 Å². The van der Waals surface area contributed by atoms with Crippen LogP contribution >= 0.6 is 15.9 Å². The minimum Gasteiger partial charge on any atom is -0.493 e. The predicted octanol–water partition coefficient (Wildman–Crippen LogP) is 5.99. The summed E-state index contributed by atoms with van der Waals surface area (Å²) in [5.74, 6) is -0.880. The number of carbonyl (C=O) groups excluding carboxylic acids is 1. The Morgan fingerprint density at radius 1 is 1.06 bits per heavy atom. The normalized spacial score (nSPS) is 11.3. The van der Waals surface area contributed by atoms with Crippen molar-refractivity contribution in [2.24, 2.45) is 10.2 Å². The van der Waals surface area contributed by atoms with E-state index in [1.165, 1.54) is 18.2 Å². The van der Waals surface area contributed by atoms with E-state index in [1.54, 1.807) is 10.6 Å². The molecule has 0 saturated heterocycles. The number of aromatic nitrogens is 1. The summed E-state index contributed by atoms with van der Waals surface area (Å²) in [6, 6.07) is 20.3. The van der Waals surface area contributed by atoms with Crippen LogP contribution in [0.3, 0.4) is 0 Å². The summed E-state index contributed by atoms with van der Waals surface area (Å²) in [5, 5.41) is 30.1. The van der Waals surface area contributed by atoms with Crippen LogP contribution < -0.4 is 0 Å². The first kappa shape index (κ1) is 20.4. The highest BCUT2D eigenvalue weighted by Gasteiger charge is 2.18. The first-order chi connectivity index (χ1) is 14.9. The van der Waals surface area contributed by atoms with Gasteiger partial charge >= 0.3 is 0 Å². The van der Waals surface area contributed by atoms with Crippen LogP contribution in [0.1, 0.15) is 15.9 Å². The molecule has 0 spiro atoms. The Kier molecular flexibility index (Phi) is 5.59. The van der Waals surface area contributed by atoms with Crippen LogP contribution in [0.4, 0.5) is 11.4 Å². The highest BCUT2D eigenvalue weighted by atomic mass is 79.9. The van der Waals surface area contributed by atoms with Gasteiger partial charge < -0.3 is 9.67 Å². The van der Waals surface area contributed by atoms with E-state index >= 15 is 0 Å². The number of carbonyl (C=O) groups is 1. The predicted molar refractivity (Wildman–Crippen MR) is 119 cm³/mol. The molecule has 0 aliphatic heterocycles. The van der Waals surface area contributed by atoms with Gasteiger partial charge in [-0.15, -0.1) is 10.2 Å². The number of nitro benzene ring substituents is 1. The summed E-state index contributed by atoms with van der Waals surface area (Å²) >= 11 is 3.41. The van der Waals surface area contributed by atoms with Crippen LogP contribution in [0.2, 0.25) is 0 Å². The molecule has 1 N–H and O–H groups in total. The summed E-state index contributed by atoms with van der Waals surface area (Å²) < 4.78 is 2.46. The molecule has 8 nitrogen and oxygen atoms in total. The first-order valence-electron chi connectivity index (χ1n) is 9.19. The lowest BCUT2D eigenvalue weighted by Gasteiger charge is -2.07. The van der Waals surface area contributed by atoms with E-state index in [4.69, 9.17) is 0 Å². The van der Waals surface area contributed by atoms with E-state index in [1.807, 2.05) is 42.5 Å². The topological polar surface area (TPSA) is 110 Å². The number of aromatic hydroxyl groups is 1. The van der Waals surface area contributed by atoms with Gasteiger partial charge in [0.1, 0.15) is 0 Å². The zero-order valence-electron chi connectivity index (χ0n) is 16.0. The van der Waals surface area contributed by atoms with E-state index in [2.05, 4.69) is 26.2 Å². The Morgan fingerprint density at radius 3 is 2.58 bits per heavy atom. The third-order valence-corrected chi connectivity index (χ3v) is 5.19. The molecule has 9 heteroatoms. The van der Waals surface area contributed by atoms with E-state index in [-0.39, 0.29) is 22.8 Å². The number of non-ortho nitro benzene ring substituents is 1. The van der Waals surface area contributed by atoms with Crippen LogP contribution in [0.25, 0.3) is 10.9 Å². The Morgan fingerprint density at radius 2 is 1.84 bits per heavy atom. The lowest BCUT2D eigenvalue weighted by Crippen LogP contribution is -1.98. The zero-order valence-corrected chi connectivity index (χ0v) is 17.6. The lowest BCUT2D eigenvalue weighted by molar-refractivity contribution is -0.384. The molecular weight excluding hydrogens is 464 g/mol. The third-order valence-electron chi connectivity index (χ3n) is 4.70. The van der Waals surface area contributed by atoms with Crippen molar-refractivity contribution < 1.29 is 14.8 Å². The molecule has 0 fully saturated rings. The summed E-state index contributed by atoms with van der Waals surface area (Å²) in [7, 11) is 0. The van der Waals surface area contributed by atoms with Gasteiger partial charge in [0.2, 0.25) is 5.88 Å². The molecule has 0 unspecified atom stereocenters. The van der Waals surface area contributed by atoms with Gasteiger partial charge in [0.25, 0.3) is 11.6 Å².